The van der Waals surface area contributed by atoms with E-state index < -0.39 is 10.8 Å². The number of nitrogens with zero attached hydrogens (tertiary/aromatic N) is 3. The van der Waals surface area contributed by atoms with E-state index in [0.717, 1.165) is 5.52 Å². The van der Waals surface area contributed by atoms with E-state index in [9.17, 15) is 19.3 Å². The van der Waals surface area contributed by atoms with E-state index in [1.165, 1.54) is 48.6 Å². The molecule has 8 heteroatoms. The van der Waals surface area contributed by atoms with Crippen LogP contribution in [-0.4, -0.2) is 15.4 Å². The number of hydrogen-bond acceptors (Lipinski definition) is 4. The van der Waals surface area contributed by atoms with E-state index in [2.05, 4.69) is 11.6 Å². The van der Waals surface area contributed by atoms with Crippen molar-refractivity contribution in [3.05, 3.63) is 80.9 Å². The molecule has 2 aromatic carbocycles. The van der Waals surface area contributed by atoms with Crippen LogP contribution in [0.2, 0.25) is 0 Å². The minimum absolute atomic E-state index is 0.136. The number of allylic oxidation sites excluding steroid dienone is 1. The summed E-state index contributed by atoms with van der Waals surface area (Å²) in [5.74, 6) is -0.965. The van der Waals surface area contributed by atoms with Crippen molar-refractivity contribution < 1.29 is 14.1 Å². The molecule has 3 rings (SSSR count). The molecule has 6 nitrogen and oxygen atoms in total. The quantitative estimate of drug-likeness (QED) is 0.395. The minimum atomic E-state index is -0.587. The number of aromatic nitrogens is 1. The summed E-state index contributed by atoms with van der Waals surface area (Å²) < 4.78 is 15.9. The predicted octanol–water partition coefficient (Wildman–Crippen LogP) is 3.99. The van der Waals surface area contributed by atoms with E-state index in [1.54, 1.807) is 16.7 Å². The van der Waals surface area contributed by atoms with Gasteiger partial charge in [-0.2, -0.15) is 4.99 Å². The highest BCUT2D eigenvalue weighted by molar-refractivity contribution is 7.16. The number of hydrogen-bond donors (Lipinski definition) is 0. The van der Waals surface area contributed by atoms with E-state index in [4.69, 9.17) is 0 Å². The third-order valence-electron chi connectivity index (χ3n) is 3.89. The van der Waals surface area contributed by atoms with Gasteiger partial charge in [-0.3, -0.25) is 14.9 Å². The monoisotopic (exact) mass is 371 g/mol. The van der Waals surface area contributed by atoms with Crippen molar-refractivity contribution in [2.45, 2.75) is 13.5 Å². The fourth-order valence-electron chi connectivity index (χ4n) is 2.64. The molecule has 132 valence electrons. The molecular formula is C18H14FN3O3S. The highest BCUT2D eigenvalue weighted by Crippen LogP contribution is 2.22. The number of nitro groups is 1. The Morgan fingerprint density at radius 2 is 2.19 bits per heavy atom. The first-order valence-corrected chi connectivity index (χ1v) is 8.47. The maximum atomic E-state index is 13.5. The predicted molar refractivity (Wildman–Crippen MR) is 97.7 cm³/mol. The smallest absolute Gasteiger partial charge is 0.280 e. The van der Waals surface area contributed by atoms with E-state index in [0.29, 0.717) is 16.0 Å². The third kappa shape index (κ3) is 3.18. The number of nitro benzene ring substituents is 1. The minimum Gasteiger partial charge on any atom is -0.312 e. The second kappa shape index (κ2) is 7.01. The van der Waals surface area contributed by atoms with E-state index >= 15 is 0 Å². The van der Waals surface area contributed by atoms with Crippen molar-refractivity contribution in [3.63, 3.8) is 0 Å². The number of carbonyl (C=O) groups excluding carboxylic acids is 1. The van der Waals surface area contributed by atoms with Gasteiger partial charge in [-0.15, -0.1) is 6.58 Å². The molecule has 1 heterocycles. The average molecular weight is 371 g/mol. The second-order valence-electron chi connectivity index (χ2n) is 5.52. The van der Waals surface area contributed by atoms with Gasteiger partial charge in [0.1, 0.15) is 5.82 Å². The lowest BCUT2D eigenvalue weighted by molar-refractivity contribution is -0.385. The molecule has 0 saturated carbocycles. The Hall–Kier alpha value is -3.13. The van der Waals surface area contributed by atoms with E-state index in [-0.39, 0.29) is 22.6 Å². The first-order chi connectivity index (χ1) is 12.4. The fraction of sp³-hybridized carbons (Fsp3) is 0.111. The number of carbonyl (C=O) groups is 1. The van der Waals surface area contributed by atoms with Crippen LogP contribution in [0.5, 0.6) is 0 Å². The summed E-state index contributed by atoms with van der Waals surface area (Å²) in [6, 6.07) is 8.62. The number of thiazole rings is 1. The molecule has 0 bridgehead atoms. The number of amides is 1. The van der Waals surface area contributed by atoms with Crippen LogP contribution in [0.15, 0.2) is 54.0 Å². The fourth-order valence-corrected chi connectivity index (χ4v) is 3.70. The summed E-state index contributed by atoms with van der Waals surface area (Å²) in [7, 11) is 0. The number of halogens is 1. The zero-order chi connectivity index (χ0) is 18.8. The molecule has 1 amide bonds. The van der Waals surface area contributed by atoms with Crippen LogP contribution in [0.3, 0.4) is 0 Å². The zero-order valence-electron chi connectivity index (χ0n) is 13.8. The van der Waals surface area contributed by atoms with Crippen molar-refractivity contribution in [2.24, 2.45) is 4.99 Å². The standard InChI is InChI=1S/C18H14FN3O3S/c1-3-9-21-15-8-7-12(19)10-16(15)26-18(21)20-17(23)13-5-4-6-14(11(13)2)22(24)25/h3-8,10H,1,9H2,2H3. The van der Waals surface area contributed by atoms with Gasteiger partial charge in [-0.05, 0) is 31.2 Å². The van der Waals surface area contributed by atoms with Gasteiger partial charge in [0.2, 0.25) is 0 Å². The molecule has 0 N–H and O–H groups in total. The molecule has 0 saturated heterocycles. The molecule has 0 aliphatic rings. The van der Waals surface area contributed by atoms with Crippen molar-refractivity contribution in [3.8, 4) is 0 Å². The first-order valence-electron chi connectivity index (χ1n) is 7.65. The van der Waals surface area contributed by atoms with Crippen LogP contribution in [0.1, 0.15) is 15.9 Å². The summed E-state index contributed by atoms with van der Waals surface area (Å²) in [6.07, 6.45) is 1.65. The second-order valence-corrected chi connectivity index (χ2v) is 6.53. The van der Waals surface area contributed by atoms with E-state index in [1.807, 2.05) is 0 Å². The molecule has 3 aromatic rings. The van der Waals surface area contributed by atoms with Crippen LogP contribution >= 0.6 is 11.3 Å². The van der Waals surface area contributed by atoms with Crippen LogP contribution < -0.4 is 4.80 Å². The van der Waals surface area contributed by atoms with Crippen LogP contribution in [0.25, 0.3) is 10.2 Å². The molecule has 26 heavy (non-hydrogen) atoms. The molecule has 0 fully saturated rings. The Morgan fingerprint density at radius 1 is 1.42 bits per heavy atom. The largest absolute Gasteiger partial charge is 0.312 e. The van der Waals surface area contributed by atoms with Crippen molar-refractivity contribution in [1.82, 2.24) is 4.57 Å². The topological polar surface area (TPSA) is 77.5 Å². The van der Waals surface area contributed by atoms with Gasteiger partial charge in [0.25, 0.3) is 11.6 Å². The maximum Gasteiger partial charge on any atom is 0.280 e. The summed E-state index contributed by atoms with van der Waals surface area (Å²) in [6.45, 7) is 5.60. The van der Waals surface area contributed by atoms with Crippen molar-refractivity contribution >= 4 is 33.1 Å². The molecule has 1 aromatic heterocycles. The lowest BCUT2D eigenvalue weighted by Gasteiger charge is -2.03. The van der Waals surface area contributed by atoms with Gasteiger partial charge in [0.05, 0.1) is 20.7 Å². The number of benzene rings is 2. The summed E-state index contributed by atoms with van der Waals surface area (Å²) >= 11 is 1.17. The summed E-state index contributed by atoms with van der Waals surface area (Å²) in [5.41, 5.74) is 1.02. The highest BCUT2D eigenvalue weighted by Gasteiger charge is 2.18. The van der Waals surface area contributed by atoms with Gasteiger partial charge in [0.15, 0.2) is 4.80 Å². The average Bonchev–Trinajstić information content (AvgIpc) is 2.91. The first kappa shape index (κ1) is 17.7. The van der Waals surface area contributed by atoms with Crippen LogP contribution in [-0.2, 0) is 6.54 Å². The van der Waals surface area contributed by atoms with Gasteiger partial charge in [-0.25, -0.2) is 4.39 Å². The Balaban J connectivity index is 2.17. The molecule has 0 radical (unpaired) electrons. The van der Waals surface area contributed by atoms with Gasteiger partial charge < -0.3 is 4.57 Å². The molecule has 0 spiro atoms. The molecule has 0 atom stereocenters. The Labute approximate surface area is 151 Å². The van der Waals surface area contributed by atoms with Crippen molar-refractivity contribution in [1.29, 1.82) is 0 Å². The van der Waals surface area contributed by atoms with Crippen LogP contribution in [0, 0.1) is 22.9 Å². The number of fused-ring (bicyclic) bond motifs is 1. The normalized spacial score (nSPS) is 11.7. The van der Waals surface area contributed by atoms with Gasteiger partial charge >= 0.3 is 0 Å². The Bertz CT molecular complexity index is 1110. The SMILES string of the molecule is C=CCn1c(=NC(=O)c2cccc([N+](=O)[O-])c2C)sc2cc(F)ccc21. The van der Waals surface area contributed by atoms with Gasteiger partial charge in [-0.1, -0.05) is 23.5 Å². The van der Waals surface area contributed by atoms with Gasteiger partial charge in [0, 0.05) is 18.2 Å². The summed E-state index contributed by atoms with van der Waals surface area (Å²) in [4.78, 5) is 27.6. The lowest BCUT2D eigenvalue weighted by atomic mass is 10.1. The molecule has 0 aliphatic carbocycles. The molecule has 0 unspecified atom stereocenters. The lowest BCUT2D eigenvalue weighted by Crippen LogP contribution is -2.16. The Kier molecular flexibility index (Phi) is 4.77. The van der Waals surface area contributed by atoms with Crippen LogP contribution in [0.4, 0.5) is 10.1 Å². The molecular weight excluding hydrogens is 357 g/mol. The maximum absolute atomic E-state index is 13.5. The highest BCUT2D eigenvalue weighted by atomic mass is 32.1. The van der Waals surface area contributed by atoms with Crippen molar-refractivity contribution in [2.75, 3.05) is 0 Å². The zero-order valence-corrected chi connectivity index (χ0v) is 14.6. The molecule has 0 aliphatic heterocycles. The Morgan fingerprint density at radius 3 is 2.88 bits per heavy atom. The third-order valence-corrected chi connectivity index (χ3v) is 4.93. The number of rotatable bonds is 4. The summed E-state index contributed by atoms with van der Waals surface area (Å²) in [5, 5.41) is 11.1.